The SMILES string of the molecule is CNCc1nnc(N2CCC(C)(C(=O)NC)C2)o1. The van der Waals surface area contributed by atoms with E-state index in [9.17, 15) is 4.79 Å². The molecule has 1 saturated heterocycles. The first kappa shape index (κ1) is 12.8. The maximum atomic E-state index is 11.8. The number of carbonyl (C=O) groups is 1. The summed E-state index contributed by atoms with van der Waals surface area (Å²) in [6, 6.07) is 0.493. The van der Waals surface area contributed by atoms with E-state index in [0.29, 0.717) is 25.0 Å². The van der Waals surface area contributed by atoms with Gasteiger partial charge in [0.25, 0.3) is 0 Å². The summed E-state index contributed by atoms with van der Waals surface area (Å²) in [7, 11) is 3.48. The first-order valence-electron chi connectivity index (χ1n) is 6.03. The van der Waals surface area contributed by atoms with Gasteiger partial charge in [0.05, 0.1) is 12.0 Å². The average molecular weight is 253 g/mol. The van der Waals surface area contributed by atoms with Gasteiger partial charge in [0.1, 0.15) is 0 Å². The quantitative estimate of drug-likeness (QED) is 0.770. The summed E-state index contributed by atoms with van der Waals surface area (Å²) < 4.78 is 5.52. The predicted molar refractivity (Wildman–Crippen MR) is 66.1 cm³/mol. The molecule has 7 heteroatoms. The zero-order chi connectivity index (χ0) is 13.2. The molecule has 0 aromatic carbocycles. The first-order valence-corrected chi connectivity index (χ1v) is 6.03. The normalized spacial score (nSPS) is 23.4. The third kappa shape index (κ3) is 2.31. The monoisotopic (exact) mass is 253 g/mol. The van der Waals surface area contributed by atoms with E-state index in [0.717, 1.165) is 13.0 Å². The molecule has 1 aliphatic rings. The Morgan fingerprint density at radius 1 is 1.50 bits per heavy atom. The van der Waals surface area contributed by atoms with Gasteiger partial charge in [0, 0.05) is 20.1 Å². The lowest BCUT2D eigenvalue weighted by Gasteiger charge is -2.21. The van der Waals surface area contributed by atoms with Crippen molar-refractivity contribution in [2.75, 3.05) is 32.1 Å². The summed E-state index contributed by atoms with van der Waals surface area (Å²) in [6.45, 7) is 3.86. The molecule has 1 aromatic rings. The average Bonchev–Trinajstić information content (AvgIpc) is 2.96. The molecule has 2 N–H and O–H groups in total. The third-order valence-electron chi connectivity index (χ3n) is 3.30. The van der Waals surface area contributed by atoms with Crippen LogP contribution >= 0.6 is 0 Å². The first-order chi connectivity index (χ1) is 8.59. The van der Waals surface area contributed by atoms with Crippen LogP contribution in [0.25, 0.3) is 0 Å². The maximum absolute atomic E-state index is 11.8. The fourth-order valence-electron chi connectivity index (χ4n) is 2.21. The summed E-state index contributed by atoms with van der Waals surface area (Å²) in [5.41, 5.74) is -0.383. The van der Waals surface area contributed by atoms with E-state index >= 15 is 0 Å². The van der Waals surface area contributed by atoms with E-state index < -0.39 is 0 Å². The van der Waals surface area contributed by atoms with Gasteiger partial charge in [-0.3, -0.25) is 4.79 Å². The molecule has 7 nitrogen and oxygen atoms in total. The van der Waals surface area contributed by atoms with Crippen molar-refractivity contribution in [3.05, 3.63) is 5.89 Å². The van der Waals surface area contributed by atoms with Crippen LogP contribution < -0.4 is 15.5 Å². The Kier molecular flexibility index (Phi) is 3.51. The van der Waals surface area contributed by atoms with Gasteiger partial charge in [-0.15, -0.1) is 5.10 Å². The summed E-state index contributed by atoms with van der Waals surface area (Å²) in [4.78, 5) is 13.8. The number of nitrogens with zero attached hydrogens (tertiary/aromatic N) is 3. The highest BCUT2D eigenvalue weighted by molar-refractivity contribution is 5.83. The van der Waals surface area contributed by atoms with E-state index in [2.05, 4.69) is 20.8 Å². The maximum Gasteiger partial charge on any atom is 0.318 e. The van der Waals surface area contributed by atoms with E-state index in [4.69, 9.17) is 4.42 Å². The number of nitrogens with one attached hydrogen (secondary N) is 2. The van der Waals surface area contributed by atoms with Crippen molar-refractivity contribution < 1.29 is 9.21 Å². The Balaban J connectivity index is 2.05. The molecule has 0 aliphatic carbocycles. The minimum atomic E-state index is -0.383. The molecule has 1 fully saturated rings. The van der Waals surface area contributed by atoms with Crippen molar-refractivity contribution in [2.24, 2.45) is 5.41 Å². The van der Waals surface area contributed by atoms with Crippen molar-refractivity contribution in [3.63, 3.8) is 0 Å². The molecule has 0 saturated carbocycles. The second kappa shape index (κ2) is 4.93. The summed E-state index contributed by atoms with van der Waals surface area (Å²) in [5.74, 6) is 0.612. The number of carbonyl (C=O) groups excluding carboxylic acids is 1. The van der Waals surface area contributed by atoms with Gasteiger partial charge in [0.2, 0.25) is 11.8 Å². The highest BCUT2D eigenvalue weighted by Gasteiger charge is 2.41. The number of amides is 1. The molecule has 100 valence electrons. The number of anilines is 1. The summed E-state index contributed by atoms with van der Waals surface area (Å²) >= 11 is 0. The molecule has 0 radical (unpaired) electrons. The van der Waals surface area contributed by atoms with Crippen LogP contribution in [-0.4, -0.2) is 43.3 Å². The molecule has 18 heavy (non-hydrogen) atoms. The van der Waals surface area contributed by atoms with Crippen LogP contribution in [0.2, 0.25) is 0 Å². The van der Waals surface area contributed by atoms with Crippen LogP contribution in [0.1, 0.15) is 19.2 Å². The van der Waals surface area contributed by atoms with Crippen molar-refractivity contribution in [1.29, 1.82) is 0 Å². The Bertz CT molecular complexity index is 433. The van der Waals surface area contributed by atoms with Crippen LogP contribution in [-0.2, 0) is 11.3 Å². The molecular weight excluding hydrogens is 234 g/mol. The third-order valence-corrected chi connectivity index (χ3v) is 3.30. The minimum absolute atomic E-state index is 0.0555. The van der Waals surface area contributed by atoms with E-state index in [-0.39, 0.29) is 11.3 Å². The lowest BCUT2D eigenvalue weighted by Crippen LogP contribution is -2.39. The smallest absolute Gasteiger partial charge is 0.318 e. The highest BCUT2D eigenvalue weighted by atomic mass is 16.4. The van der Waals surface area contributed by atoms with Crippen LogP contribution in [0.15, 0.2) is 4.42 Å². The topological polar surface area (TPSA) is 83.3 Å². The van der Waals surface area contributed by atoms with Gasteiger partial charge in [0.15, 0.2) is 0 Å². The fourth-order valence-corrected chi connectivity index (χ4v) is 2.21. The second-order valence-electron chi connectivity index (χ2n) is 4.82. The predicted octanol–water partition coefficient (Wildman–Crippen LogP) is -0.249. The molecule has 0 spiro atoms. The van der Waals surface area contributed by atoms with E-state index in [1.807, 2.05) is 18.9 Å². The number of aromatic nitrogens is 2. The number of rotatable bonds is 4. The van der Waals surface area contributed by atoms with Crippen molar-refractivity contribution in [1.82, 2.24) is 20.8 Å². The van der Waals surface area contributed by atoms with Gasteiger partial charge in [-0.1, -0.05) is 5.10 Å². The molecule has 1 aromatic heterocycles. The van der Waals surface area contributed by atoms with Gasteiger partial charge in [-0.05, 0) is 20.4 Å². The van der Waals surface area contributed by atoms with Gasteiger partial charge < -0.3 is 20.0 Å². The van der Waals surface area contributed by atoms with Crippen molar-refractivity contribution >= 4 is 11.9 Å². The van der Waals surface area contributed by atoms with Crippen LogP contribution in [0, 0.1) is 5.41 Å². The molecule has 0 bridgehead atoms. The second-order valence-corrected chi connectivity index (χ2v) is 4.82. The fraction of sp³-hybridized carbons (Fsp3) is 0.727. The molecule has 1 atom stereocenters. The lowest BCUT2D eigenvalue weighted by molar-refractivity contribution is -0.128. The molecular formula is C11H19N5O2. The Morgan fingerprint density at radius 3 is 2.94 bits per heavy atom. The van der Waals surface area contributed by atoms with Crippen molar-refractivity contribution in [3.8, 4) is 0 Å². The molecule has 1 amide bonds. The van der Waals surface area contributed by atoms with Gasteiger partial charge in [-0.25, -0.2) is 0 Å². The lowest BCUT2D eigenvalue weighted by atomic mass is 9.89. The van der Waals surface area contributed by atoms with Gasteiger partial charge >= 0.3 is 6.01 Å². The highest BCUT2D eigenvalue weighted by Crippen LogP contribution is 2.32. The van der Waals surface area contributed by atoms with Crippen LogP contribution in [0.4, 0.5) is 6.01 Å². The van der Waals surface area contributed by atoms with Crippen LogP contribution in [0.3, 0.4) is 0 Å². The van der Waals surface area contributed by atoms with Crippen molar-refractivity contribution in [2.45, 2.75) is 19.9 Å². The number of hydrogen-bond acceptors (Lipinski definition) is 6. The van der Waals surface area contributed by atoms with Gasteiger partial charge in [-0.2, -0.15) is 0 Å². The molecule has 2 rings (SSSR count). The largest absolute Gasteiger partial charge is 0.407 e. The Labute approximate surface area is 106 Å². The zero-order valence-corrected chi connectivity index (χ0v) is 11.0. The van der Waals surface area contributed by atoms with Crippen LogP contribution in [0.5, 0.6) is 0 Å². The van der Waals surface area contributed by atoms with E-state index in [1.165, 1.54) is 0 Å². The molecule has 1 aliphatic heterocycles. The Hall–Kier alpha value is -1.63. The number of hydrogen-bond donors (Lipinski definition) is 2. The molecule has 1 unspecified atom stereocenters. The minimum Gasteiger partial charge on any atom is -0.407 e. The standard InChI is InChI=1S/C11H19N5O2/c1-11(9(17)13-3)4-5-16(7-11)10-15-14-8(18-10)6-12-2/h12H,4-7H2,1-3H3,(H,13,17). The van der Waals surface area contributed by atoms with E-state index in [1.54, 1.807) is 7.05 Å². The zero-order valence-electron chi connectivity index (χ0n) is 11.0. The Morgan fingerprint density at radius 2 is 2.28 bits per heavy atom. The molecule has 2 heterocycles. The summed E-state index contributed by atoms with van der Waals surface area (Å²) in [5, 5.41) is 13.6. The summed E-state index contributed by atoms with van der Waals surface area (Å²) in [6.07, 6.45) is 0.788.